The van der Waals surface area contributed by atoms with Crippen LogP contribution in [0.3, 0.4) is 0 Å². The van der Waals surface area contributed by atoms with Gasteiger partial charge < -0.3 is 5.73 Å². The largest absolute Gasteiger partial charge is 0.327 e. The van der Waals surface area contributed by atoms with Crippen LogP contribution in [0, 0.1) is 11.8 Å². The summed E-state index contributed by atoms with van der Waals surface area (Å²) in [6.07, 6.45) is 3.20. The third-order valence-electron chi connectivity index (χ3n) is 1.99. The van der Waals surface area contributed by atoms with E-state index in [0.717, 1.165) is 23.8 Å². The number of hydrogen-bond acceptors (Lipinski definition) is 2. The summed E-state index contributed by atoms with van der Waals surface area (Å²) in [4.78, 5) is 0. The van der Waals surface area contributed by atoms with E-state index in [1.165, 1.54) is 6.42 Å². The number of nitrogens with two attached hydrogens (primary N) is 1. The molecule has 0 aliphatic rings. The van der Waals surface area contributed by atoms with Crippen LogP contribution in [0.5, 0.6) is 0 Å². The molecule has 2 heteroatoms. The van der Waals surface area contributed by atoms with Crippen molar-refractivity contribution in [2.75, 3.05) is 5.75 Å². The van der Waals surface area contributed by atoms with Gasteiger partial charge in [-0.15, -0.1) is 11.8 Å². The molecule has 76 valence electrons. The molecule has 0 aromatic carbocycles. The summed E-state index contributed by atoms with van der Waals surface area (Å²) in [6, 6.07) is 0.319. The SMILES string of the molecule is CC#CCCC(N)CSC(C)CC. The Morgan fingerprint density at radius 1 is 1.46 bits per heavy atom. The van der Waals surface area contributed by atoms with Crippen LogP contribution in [0.4, 0.5) is 0 Å². The summed E-state index contributed by atoms with van der Waals surface area (Å²) < 4.78 is 0. The standard InChI is InChI=1S/C11H21NS/c1-4-6-7-8-11(12)9-13-10(3)5-2/h10-11H,5,7-9,12H2,1-3H3. The van der Waals surface area contributed by atoms with Gasteiger partial charge in [-0.1, -0.05) is 13.8 Å². The summed E-state index contributed by atoms with van der Waals surface area (Å²) in [5.41, 5.74) is 5.93. The molecule has 0 heterocycles. The quantitative estimate of drug-likeness (QED) is 0.666. The van der Waals surface area contributed by atoms with Crippen LogP contribution < -0.4 is 5.73 Å². The van der Waals surface area contributed by atoms with Crippen LogP contribution in [-0.4, -0.2) is 17.0 Å². The second kappa shape index (κ2) is 8.47. The van der Waals surface area contributed by atoms with Crippen molar-refractivity contribution >= 4 is 11.8 Å². The van der Waals surface area contributed by atoms with Crippen molar-refractivity contribution in [2.24, 2.45) is 5.73 Å². The minimum absolute atomic E-state index is 0.319. The summed E-state index contributed by atoms with van der Waals surface area (Å²) in [5, 5.41) is 0.739. The van der Waals surface area contributed by atoms with Crippen molar-refractivity contribution in [2.45, 2.75) is 51.3 Å². The van der Waals surface area contributed by atoms with E-state index >= 15 is 0 Å². The van der Waals surface area contributed by atoms with Crippen LogP contribution in [0.1, 0.15) is 40.0 Å². The van der Waals surface area contributed by atoms with Gasteiger partial charge in [-0.3, -0.25) is 0 Å². The highest BCUT2D eigenvalue weighted by Gasteiger charge is 2.04. The van der Waals surface area contributed by atoms with Crippen LogP contribution in [0.2, 0.25) is 0 Å². The molecule has 0 radical (unpaired) electrons. The third kappa shape index (κ3) is 8.21. The molecular formula is C11H21NS. The van der Waals surface area contributed by atoms with Crippen molar-refractivity contribution in [1.29, 1.82) is 0 Å². The van der Waals surface area contributed by atoms with Gasteiger partial charge in [0.25, 0.3) is 0 Å². The first kappa shape index (κ1) is 12.9. The van der Waals surface area contributed by atoms with Crippen LogP contribution >= 0.6 is 11.8 Å². The Morgan fingerprint density at radius 2 is 2.15 bits per heavy atom. The van der Waals surface area contributed by atoms with E-state index in [1.807, 2.05) is 18.7 Å². The molecular weight excluding hydrogens is 178 g/mol. The smallest absolute Gasteiger partial charge is 0.0139 e. The lowest BCUT2D eigenvalue weighted by molar-refractivity contribution is 0.690. The summed E-state index contributed by atoms with van der Waals surface area (Å²) >= 11 is 1.97. The maximum atomic E-state index is 5.93. The van der Waals surface area contributed by atoms with Gasteiger partial charge in [-0.05, 0) is 19.8 Å². The van der Waals surface area contributed by atoms with Gasteiger partial charge in [0.15, 0.2) is 0 Å². The zero-order valence-corrected chi connectivity index (χ0v) is 9.79. The fraction of sp³-hybridized carbons (Fsp3) is 0.818. The molecule has 0 rings (SSSR count). The summed E-state index contributed by atoms with van der Waals surface area (Å²) in [5.74, 6) is 7.00. The zero-order valence-electron chi connectivity index (χ0n) is 8.97. The molecule has 2 unspecified atom stereocenters. The minimum Gasteiger partial charge on any atom is -0.327 e. The fourth-order valence-electron chi connectivity index (χ4n) is 0.872. The molecule has 0 fully saturated rings. The molecule has 2 atom stereocenters. The second-order valence-corrected chi connectivity index (χ2v) is 4.75. The topological polar surface area (TPSA) is 26.0 Å². The van der Waals surface area contributed by atoms with E-state index in [1.54, 1.807) is 0 Å². The normalized spacial score (nSPS) is 14.5. The van der Waals surface area contributed by atoms with Crippen LogP contribution in [-0.2, 0) is 0 Å². The number of rotatable bonds is 6. The van der Waals surface area contributed by atoms with Crippen LogP contribution in [0.15, 0.2) is 0 Å². The van der Waals surface area contributed by atoms with Crippen molar-refractivity contribution in [3.63, 3.8) is 0 Å². The Bertz CT molecular complexity index is 169. The van der Waals surface area contributed by atoms with Gasteiger partial charge in [0.1, 0.15) is 0 Å². The Morgan fingerprint density at radius 3 is 2.69 bits per heavy atom. The highest BCUT2D eigenvalue weighted by molar-refractivity contribution is 7.99. The molecule has 0 amide bonds. The van der Waals surface area contributed by atoms with Crippen molar-refractivity contribution in [3.8, 4) is 11.8 Å². The first-order chi connectivity index (χ1) is 6.20. The number of hydrogen-bond donors (Lipinski definition) is 1. The third-order valence-corrected chi connectivity index (χ3v) is 3.51. The first-order valence-electron chi connectivity index (χ1n) is 4.97. The lowest BCUT2D eigenvalue weighted by Gasteiger charge is -2.12. The molecule has 0 aliphatic heterocycles. The Kier molecular flexibility index (Phi) is 8.38. The average Bonchev–Trinajstić information content (AvgIpc) is 2.14. The van der Waals surface area contributed by atoms with Gasteiger partial charge in [0.05, 0.1) is 0 Å². The molecule has 0 aromatic rings. The molecule has 0 aromatic heterocycles. The predicted molar refractivity (Wildman–Crippen MR) is 62.9 cm³/mol. The molecule has 0 aliphatic carbocycles. The lowest BCUT2D eigenvalue weighted by Crippen LogP contribution is -2.23. The van der Waals surface area contributed by atoms with E-state index in [9.17, 15) is 0 Å². The van der Waals surface area contributed by atoms with E-state index in [4.69, 9.17) is 5.73 Å². The predicted octanol–water partition coefficient (Wildman–Crippen LogP) is 2.65. The van der Waals surface area contributed by atoms with E-state index in [-0.39, 0.29) is 0 Å². The summed E-state index contributed by atoms with van der Waals surface area (Å²) in [7, 11) is 0. The van der Waals surface area contributed by atoms with Gasteiger partial charge in [0, 0.05) is 23.5 Å². The average molecular weight is 199 g/mol. The molecule has 0 bridgehead atoms. The van der Waals surface area contributed by atoms with E-state index in [0.29, 0.717) is 6.04 Å². The molecule has 1 nitrogen and oxygen atoms in total. The fourth-order valence-corrected chi connectivity index (χ4v) is 1.85. The second-order valence-electron chi connectivity index (χ2n) is 3.28. The van der Waals surface area contributed by atoms with Gasteiger partial charge in [0.2, 0.25) is 0 Å². The lowest BCUT2D eigenvalue weighted by atomic mass is 10.2. The molecule has 0 saturated heterocycles. The summed E-state index contributed by atoms with van der Waals surface area (Å²) in [6.45, 7) is 6.34. The minimum atomic E-state index is 0.319. The highest BCUT2D eigenvalue weighted by atomic mass is 32.2. The maximum absolute atomic E-state index is 5.93. The monoisotopic (exact) mass is 199 g/mol. The van der Waals surface area contributed by atoms with Gasteiger partial charge >= 0.3 is 0 Å². The zero-order chi connectivity index (χ0) is 10.1. The maximum Gasteiger partial charge on any atom is 0.0139 e. The first-order valence-corrected chi connectivity index (χ1v) is 6.02. The number of thioether (sulfide) groups is 1. The molecule has 2 N–H and O–H groups in total. The molecule has 13 heavy (non-hydrogen) atoms. The van der Waals surface area contributed by atoms with Gasteiger partial charge in [-0.25, -0.2) is 0 Å². The Balaban J connectivity index is 3.37. The Hall–Kier alpha value is -0.130. The molecule has 0 saturated carbocycles. The van der Waals surface area contributed by atoms with Crippen LogP contribution in [0.25, 0.3) is 0 Å². The Labute approximate surface area is 86.9 Å². The van der Waals surface area contributed by atoms with E-state index < -0.39 is 0 Å². The van der Waals surface area contributed by atoms with Crippen molar-refractivity contribution in [1.82, 2.24) is 0 Å². The van der Waals surface area contributed by atoms with Gasteiger partial charge in [-0.2, -0.15) is 11.8 Å². The van der Waals surface area contributed by atoms with Crippen molar-refractivity contribution in [3.05, 3.63) is 0 Å². The molecule has 0 spiro atoms. The van der Waals surface area contributed by atoms with Crippen molar-refractivity contribution < 1.29 is 0 Å². The van der Waals surface area contributed by atoms with E-state index in [2.05, 4.69) is 25.7 Å². The highest BCUT2D eigenvalue weighted by Crippen LogP contribution is 2.15.